The minimum Gasteiger partial charge on any atom is -0.497 e. The maximum atomic E-state index is 12.4. The Morgan fingerprint density at radius 2 is 1.81 bits per heavy atom. The molecule has 2 saturated heterocycles. The molecule has 2 unspecified atom stereocenters. The summed E-state index contributed by atoms with van der Waals surface area (Å²) in [6.07, 6.45) is 5.05. The second-order valence-corrected chi connectivity index (χ2v) is 8.91. The van der Waals surface area contributed by atoms with Crippen molar-refractivity contribution in [3.8, 4) is 5.75 Å². The minimum absolute atomic E-state index is 0.0208. The number of carbonyl (C=O) groups is 2. The van der Waals surface area contributed by atoms with Crippen LogP contribution < -0.4 is 26.2 Å². The SMILES string of the molecule is COc1ccc(CC(=O)NC2CC([C@@H]3CC[C@H](OC(=O)NC4CCOCC4)C3)NN2)cc1. The van der Waals surface area contributed by atoms with Crippen molar-refractivity contribution in [2.75, 3.05) is 20.3 Å². The Morgan fingerprint density at radius 3 is 2.56 bits per heavy atom. The first-order valence-corrected chi connectivity index (χ1v) is 11.6. The predicted octanol–water partition coefficient (Wildman–Crippen LogP) is 1.62. The lowest BCUT2D eigenvalue weighted by Crippen LogP contribution is -2.45. The van der Waals surface area contributed by atoms with Gasteiger partial charge >= 0.3 is 6.09 Å². The second kappa shape index (κ2) is 11.0. The van der Waals surface area contributed by atoms with Gasteiger partial charge in [-0.3, -0.25) is 10.2 Å². The molecule has 0 aromatic heterocycles. The number of nitrogens with one attached hydrogen (secondary N) is 4. The molecular formula is C23H34N4O5. The lowest BCUT2D eigenvalue weighted by atomic mass is 9.96. The van der Waals surface area contributed by atoms with Gasteiger partial charge in [-0.15, -0.1) is 0 Å². The third-order valence-corrected chi connectivity index (χ3v) is 6.60. The van der Waals surface area contributed by atoms with E-state index < -0.39 is 0 Å². The molecule has 0 spiro atoms. The molecule has 4 atom stereocenters. The maximum Gasteiger partial charge on any atom is 0.407 e. The molecule has 2 heterocycles. The van der Waals surface area contributed by atoms with E-state index in [2.05, 4.69) is 21.5 Å². The predicted molar refractivity (Wildman–Crippen MR) is 118 cm³/mol. The van der Waals surface area contributed by atoms with Crippen molar-refractivity contribution in [2.24, 2.45) is 5.92 Å². The molecule has 3 fully saturated rings. The van der Waals surface area contributed by atoms with Crippen molar-refractivity contribution in [1.82, 2.24) is 21.5 Å². The molecule has 1 aromatic rings. The Bertz CT molecular complexity index is 768. The molecule has 2 amide bonds. The Hall–Kier alpha value is -2.36. The molecular weight excluding hydrogens is 412 g/mol. The van der Waals surface area contributed by atoms with E-state index in [9.17, 15) is 9.59 Å². The fourth-order valence-electron chi connectivity index (χ4n) is 4.80. The second-order valence-electron chi connectivity index (χ2n) is 8.91. The van der Waals surface area contributed by atoms with Crippen LogP contribution in [0.4, 0.5) is 4.79 Å². The molecule has 0 bridgehead atoms. The van der Waals surface area contributed by atoms with Crippen LogP contribution in [0.3, 0.4) is 0 Å². The number of rotatable bonds is 7. The zero-order valence-corrected chi connectivity index (χ0v) is 18.6. The lowest BCUT2D eigenvalue weighted by Gasteiger charge is -2.24. The highest BCUT2D eigenvalue weighted by Crippen LogP contribution is 2.33. The van der Waals surface area contributed by atoms with Gasteiger partial charge in [0, 0.05) is 25.3 Å². The highest BCUT2D eigenvalue weighted by Gasteiger charge is 2.37. The number of amides is 2. The average molecular weight is 447 g/mol. The van der Waals surface area contributed by atoms with Gasteiger partial charge in [-0.25, -0.2) is 10.2 Å². The van der Waals surface area contributed by atoms with Crippen LogP contribution >= 0.6 is 0 Å². The Kier molecular flexibility index (Phi) is 7.83. The van der Waals surface area contributed by atoms with Crippen molar-refractivity contribution in [2.45, 2.75) is 69.3 Å². The number of benzene rings is 1. The number of carbonyl (C=O) groups excluding carboxylic acids is 2. The van der Waals surface area contributed by atoms with Crippen molar-refractivity contribution in [1.29, 1.82) is 0 Å². The summed E-state index contributed by atoms with van der Waals surface area (Å²) in [6.45, 7) is 1.38. The summed E-state index contributed by atoms with van der Waals surface area (Å²) in [5, 5.41) is 6.01. The van der Waals surface area contributed by atoms with E-state index in [0.29, 0.717) is 25.6 Å². The molecule has 1 aromatic carbocycles. The van der Waals surface area contributed by atoms with E-state index in [1.54, 1.807) is 7.11 Å². The normalized spacial score (nSPS) is 28.3. The van der Waals surface area contributed by atoms with Gasteiger partial charge in [0.1, 0.15) is 11.9 Å². The summed E-state index contributed by atoms with van der Waals surface area (Å²) in [7, 11) is 1.62. The summed E-state index contributed by atoms with van der Waals surface area (Å²) in [5.41, 5.74) is 7.46. The van der Waals surface area contributed by atoms with Crippen molar-refractivity contribution in [3.63, 3.8) is 0 Å². The smallest absolute Gasteiger partial charge is 0.407 e. The molecule has 0 radical (unpaired) electrons. The van der Waals surface area contributed by atoms with Gasteiger partial charge in [-0.2, -0.15) is 0 Å². The Labute approximate surface area is 188 Å². The molecule has 32 heavy (non-hydrogen) atoms. The van der Waals surface area contributed by atoms with E-state index in [-0.39, 0.29) is 36.4 Å². The first kappa shape index (κ1) is 22.8. The topological polar surface area (TPSA) is 110 Å². The number of hydrogen-bond acceptors (Lipinski definition) is 7. The lowest BCUT2D eigenvalue weighted by molar-refractivity contribution is -0.121. The molecule has 4 N–H and O–H groups in total. The van der Waals surface area contributed by atoms with E-state index >= 15 is 0 Å². The fourth-order valence-corrected chi connectivity index (χ4v) is 4.80. The van der Waals surface area contributed by atoms with Gasteiger partial charge in [-0.1, -0.05) is 12.1 Å². The molecule has 9 nitrogen and oxygen atoms in total. The number of ether oxygens (including phenoxy) is 3. The highest BCUT2D eigenvalue weighted by atomic mass is 16.6. The summed E-state index contributed by atoms with van der Waals surface area (Å²) in [5.74, 6) is 1.16. The Morgan fingerprint density at radius 1 is 1.03 bits per heavy atom. The van der Waals surface area contributed by atoms with E-state index in [0.717, 1.165) is 49.8 Å². The zero-order valence-electron chi connectivity index (χ0n) is 18.6. The molecule has 4 rings (SSSR count). The van der Waals surface area contributed by atoms with Crippen molar-refractivity contribution in [3.05, 3.63) is 29.8 Å². The van der Waals surface area contributed by atoms with Crippen LogP contribution in [0, 0.1) is 5.92 Å². The Balaban J connectivity index is 1.16. The van der Waals surface area contributed by atoms with Gasteiger partial charge in [0.05, 0.1) is 19.7 Å². The van der Waals surface area contributed by atoms with E-state index in [1.807, 2.05) is 24.3 Å². The summed E-state index contributed by atoms with van der Waals surface area (Å²) >= 11 is 0. The van der Waals surface area contributed by atoms with Gasteiger partial charge in [0.2, 0.25) is 5.91 Å². The first-order valence-electron chi connectivity index (χ1n) is 11.6. The van der Waals surface area contributed by atoms with Crippen LogP contribution in [-0.2, 0) is 20.7 Å². The number of hydrogen-bond donors (Lipinski definition) is 4. The summed E-state index contributed by atoms with van der Waals surface area (Å²) in [6, 6.07) is 7.91. The zero-order chi connectivity index (χ0) is 22.3. The molecule has 1 saturated carbocycles. The van der Waals surface area contributed by atoms with Gasteiger partial charge in [0.15, 0.2) is 0 Å². The molecule has 3 aliphatic rings. The molecule has 2 aliphatic heterocycles. The number of alkyl carbamates (subject to hydrolysis) is 1. The van der Waals surface area contributed by atoms with Crippen LogP contribution in [0.15, 0.2) is 24.3 Å². The monoisotopic (exact) mass is 446 g/mol. The van der Waals surface area contributed by atoms with E-state index in [1.165, 1.54) is 0 Å². The van der Waals surface area contributed by atoms with E-state index in [4.69, 9.17) is 14.2 Å². The van der Waals surface area contributed by atoms with Gasteiger partial charge in [-0.05, 0) is 62.1 Å². The van der Waals surface area contributed by atoms with Crippen LogP contribution in [0.25, 0.3) is 0 Å². The van der Waals surface area contributed by atoms with Crippen LogP contribution in [0.2, 0.25) is 0 Å². The fraction of sp³-hybridized carbons (Fsp3) is 0.652. The van der Waals surface area contributed by atoms with Crippen molar-refractivity contribution < 1.29 is 23.8 Å². The number of hydrazine groups is 1. The summed E-state index contributed by atoms with van der Waals surface area (Å²) in [4.78, 5) is 24.6. The van der Waals surface area contributed by atoms with Gasteiger partial charge in [0.25, 0.3) is 0 Å². The van der Waals surface area contributed by atoms with Crippen molar-refractivity contribution >= 4 is 12.0 Å². The van der Waals surface area contributed by atoms with Crippen LogP contribution in [-0.4, -0.2) is 56.7 Å². The molecule has 1 aliphatic carbocycles. The minimum atomic E-state index is -0.316. The maximum absolute atomic E-state index is 12.4. The third-order valence-electron chi connectivity index (χ3n) is 6.60. The molecule has 9 heteroatoms. The van der Waals surface area contributed by atoms with Crippen LogP contribution in [0.1, 0.15) is 44.1 Å². The standard InChI is InChI=1S/C23H34N4O5/c1-30-18-5-2-15(3-6-18)12-22(28)25-21-14-20(26-27-21)16-4-7-19(13-16)32-23(29)24-17-8-10-31-11-9-17/h2-3,5-6,16-17,19-21,26-27H,4,7-14H2,1H3,(H,24,29)(H,25,28)/t16-,19+,20?,21?/m1/s1. The summed E-state index contributed by atoms with van der Waals surface area (Å²) < 4.78 is 16.1. The third kappa shape index (κ3) is 6.34. The highest BCUT2D eigenvalue weighted by molar-refractivity contribution is 5.78. The number of methoxy groups -OCH3 is 1. The molecule has 176 valence electrons. The largest absolute Gasteiger partial charge is 0.497 e. The average Bonchev–Trinajstić information content (AvgIpc) is 3.44. The first-order chi connectivity index (χ1) is 15.6. The quantitative estimate of drug-likeness (QED) is 0.504. The van der Waals surface area contributed by atoms with Gasteiger partial charge < -0.3 is 24.8 Å². The van der Waals surface area contributed by atoms with Crippen LogP contribution in [0.5, 0.6) is 5.75 Å².